The Balaban J connectivity index is 2.62. The van der Waals surface area contributed by atoms with E-state index in [1.165, 1.54) is 0 Å². The normalized spacial score (nSPS) is 25.4. The van der Waals surface area contributed by atoms with E-state index >= 15 is 0 Å². The number of aliphatic hydroxyl groups is 2. The molecule has 72 valence electrons. The van der Waals surface area contributed by atoms with Gasteiger partial charge in [0.25, 0.3) is 0 Å². The molecule has 1 fully saturated rings. The fourth-order valence-electron chi connectivity index (χ4n) is 1.06. The largest absolute Gasteiger partial charge is 0.425 e. The van der Waals surface area contributed by atoms with E-state index in [1.807, 2.05) is 0 Å². The highest BCUT2D eigenvalue weighted by atomic mass is 16.6. The molecule has 4 heteroatoms. The van der Waals surface area contributed by atoms with Crippen LogP contribution in [0.5, 0.6) is 0 Å². The number of esters is 1. The molecule has 2 N–H and O–H groups in total. The summed E-state index contributed by atoms with van der Waals surface area (Å²) in [6, 6.07) is 0. The van der Waals surface area contributed by atoms with Crippen molar-refractivity contribution in [1.29, 1.82) is 0 Å². The van der Waals surface area contributed by atoms with Crippen molar-refractivity contribution in [1.82, 2.24) is 0 Å². The first-order valence-corrected chi connectivity index (χ1v) is 4.06. The molecule has 0 aromatic rings. The van der Waals surface area contributed by atoms with Gasteiger partial charge in [0.15, 0.2) is 0 Å². The van der Waals surface area contributed by atoms with Crippen molar-refractivity contribution in [3.63, 3.8) is 0 Å². The van der Waals surface area contributed by atoms with E-state index in [-0.39, 0.29) is 17.9 Å². The molecule has 1 aliphatic heterocycles. The van der Waals surface area contributed by atoms with Gasteiger partial charge >= 0.3 is 5.97 Å². The molecule has 0 amide bonds. The van der Waals surface area contributed by atoms with Crippen molar-refractivity contribution in [2.24, 2.45) is 0 Å². The Bertz CT molecular complexity index is 254. The third-order valence-electron chi connectivity index (χ3n) is 1.79. The fourth-order valence-corrected chi connectivity index (χ4v) is 1.06. The molecule has 4 nitrogen and oxygen atoms in total. The Labute approximate surface area is 76.1 Å². The molecule has 0 spiro atoms. The average molecular weight is 184 g/mol. The standard InChI is InChI=1S/C9H12O4/c1-6-8(11)7(9(12)13-6)4-2-3-5-10/h4,8,10-11H,1-3,5H2/b7-4+/t8-/m1/s1. The molecule has 0 bridgehead atoms. The minimum atomic E-state index is -1.01. The van der Waals surface area contributed by atoms with Crippen molar-refractivity contribution in [2.45, 2.75) is 18.9 Å². The maximum Gasteiger partial charge on any atom is 0.341 e. The minimum Gasteiger partial charge on any atom is -0.425 e. The number of allylic oxidation sites excluding steroid dienone is 1. The van der Waals surface area contributed by atoms with Crippen LogP contribution >= 0.6 is 0 Å². The van der Waals surface area contributed by atoms with Crippen LogP contribution in [-0.4, -0.2) is 28.9 Å². The summed E-state index contributed by atoms with van der Waals surface area (Å²) in [6.07, 6.45) is 1.68. The number of aliphatic hydroxyl groups excluding tert-OH is 2. The molecule has 13 heavy (non-hydrogen) atoms. The number of hydrogen-bond acceptors (Lipinski definition) is 4. The van der Waals surface area contributed by atoms with Gasteiger partial charge in [0.05, 0.1) is 5.57 Å². The topological polar surface area (TPSA) is 66.8 Å². The number of ether oxygens (including phenoxy) is 1. The highest BCUT2D eigenvalue weighted by Crippen LogP contribution is 2.23. The first-order chi connectivity index (χ1) is 6.16. The quantitative estimate of drug-likeness (QED) is 0.371. The maximum atomic E-state index is 11.0. The van der Waals surface area contributed by atoms with Crippen LogP contribution in [0.25, 0.3) is 0 Å². The zero-order valence-electron chi connectivity index (χ0n) is 7.19. The molecule has 0 aromatic heterocycles. The molecule has 0 aromatic carbocycles. The zero-order valence-corrected chi connectivity index (χ0v) is 7.19. The summed E-state index contributed by atoms with van der Waals surface area (Å²) in [5.74, 6) is -0.476. The second-order valence-corrected chi connectivity index (χ2v) is 2.78. The SMILES string of the molecule is C=C1OC(=O)/C(=C/CCCO)[C@@H]1O. The molecule has 1 rings (SSSR count). The van der Waals surface area contributed by atoms with Crippen molar-refractivity contribution < 1.29 is 19.7 Å². The van der Waals surface area contributed by atoms with E-state index in [4.69, 9.17) is 5.11 Å². The van der Waals surface area contributed by atoms with Gasteiger partial charge < -0.3 is 14.9 Å². The van der Waals surface area contributed by atoms with Crippen LogP contribution in [-0.2, 0) is 9.53 Å². The van der Waals surface area contributed by atoms with Crippen molar-refractivity contribution in [3.8, 4) is 0 Å². The Morgan fingerprint density at radius 3 is 2.77 bits per heavy atom. The third-order valence-corrected chi connectivity index (χ3v) is 1.79. The van der Waals surface area contributed by atoms with Gasteiger partial charge in [-0.05, 0) is 12.8 Å². The lowest BCUT2D eigenvalue weighted by Gasteiger charge is -1.98. The predicted octanol–water partition coefficient (Wildman–Crippen LogP) is 0.117. The van der Waals surface area contributed by atoms with Crippen LogP contribution in [0.1, 0.15) is 12.8 Å². The number of carbonyl (C=O) groups is 1. The Morgan fingerprint density at radius 1 is 1.62 bits per heavy atom. The molecular weight excluding hydrogens is 172 g/mol. The lowest BCUT2D eigenvalue weighted by molar-refractivity contribution is -0.132. The van der Waals surface area contributed by atoms with Crippen LogP contribution in [0.3, 0.4) is 0 Å². The maximum absolute atomic E-state index is 11.0. The molecule has 0 radical (unpaired) electrons. The van der Waals surface area contributed by atoms with E-state index in [0.717, 1.165) is 0 Å². The molecule has 0 unspecified atom stereocenters. The lowest BCUT2D eigenvalue weighted by atomic mass is 10.1. The van der Waals surface area contributed by atoms with Crippen molar-refractivity contribution in [2.75, 3.05) is 6.61 Å². The Kier molecular flexibility index (Phi) is 3.22. The van der Waals surface area contributed by atoms with Crippen LogP contribution in [0, 0.1) is 0 Å². The molecule has 1 saturated heterocycles. The van der Waals surface area contributed by atoms with Gasteiger partial charge in [-0.25, -0.2) is 4.79 Å². The monoisotopic (exact) mass is 184 g/mol. The van der Waals surface area contributed by atoms with Gasteiger partial charge in [-0.1, -0.05) is 12.7 Å². The fraction of sp³-hybridized carbons (Fsp3) is 0.444. The van der Waals surface area contributed by atoms with Crippen LogP contribution < -0.4 is 0 Å². The van der Waals surface area contributed by atoms with E-state index in [9.17, 15) is 9.90 Å². The van der Waals surface area contributed by atoms with Gasteiger partial charge in [-0.3, -0.25) is 0 Å². The van der Waals surface area contributed by atoms with E-state index in [0.29, 0.717) is 12.8 Å². The van der Waals surface area contributed by atoms with Crippen LogP contribution in [0.15, 0.2) is 24.0 Å². The number of hydrogen-bond donors (Lipinski definition) is 2. The second kappa shape index (κ2) is 4.20. The number of rotatable bonds is 3. The summed E-state index contributed by atoms with van der Waals surface area (Å²) in [6.45, 7) is 3.45. The highest BCUT2D eigenvalue weighted by molar-refractivity contribution is 5.93. The highest BCUT2D eigenvalue weighted by Gasteiger charge is 2.32. The Hall–Kier alpha value is -1.13. The molecule has 1 aliphatic rings. The summed E-state index contributed by atoms with van der Waals surface area (Å²) in [5.41, 5.74) is 0.221. The summed E-state index contributed by atoms with van der Waals surface area (Å²) in [4.78, 5) is 11.0. The lowest BCUT2D eigenvalue weighted by Crippen LogP contribution is -2.07. The van der Waals surface area contributed by atoms with E-state index in [1.54, 1.807) is 6.08 Å². The van der Waals surface area contributed by atoms with Gasteiger partial charge in [-0.2, -0.15) is 0 Å². The number of carbonyl (C=O) groups excluding carboxylic acids is 1. The van der Waals surface area contributed by atoms with Gasteiger partial charge in [-0.15, -0.1) is 0 Å². The zero-order chi connectivity index (χ0) is 9.84. The van der Waals surface area contributed by atoms with E-state index < -0.39 is 12.1 Å². The van der Waals surface area contributed by atoms with Crippen molar-refractivity contribution in [3.05, 3.63) is 24.0 Å². The predicted molar refractivity (Wildman–Crippen MR) is 45.6 cm³/mol. The smallest absolute Gasteiger partial charge is 0.341 e. The molecule has 1 heterocycles. The summed E-state index contributed by atoms with van der Waals surface area (Å²) >= 11 is 0. The first kappa shape index (κ1) is 9.95. The van der Waals surface area contributed by atoms with Crippen LogP contribution in [0.4, 0.5) is 0 Å². The van der Waals surface area contributed by atoms with Gasteiger partial charge in [0.2, 0.25) is 0 Å². The molecular formula is C9H12O4. The minimum absolute atomic E-state index is 0.0653. The average Bonchev–Trinajstić information content (AvgIpc) is 2.32. The third kappa shape index (κ3) is 2.17. The number of cyclic esters (lactones) is 1. The molecule has 0 saturated carbocycles. The first-order valence-electron chi connectivity index (χ1n) is 4.06. The summed E-state index contributed by atoms with van der Waals surface area (Å²) in [7, 11) is 0. The summed E-state index contributed by atoms with van der Waals surface area (Å²) < 4.78 is 4.60. The van der Waals surface area contributed by atoms with E-state index in [2.05, 4.69) is 11.3 Å². The Morgan fingerprint density at radius 2 is 2.31 bits per heavy atom. The molecule has 1 atom stereocenters. The number of unbranched alkanes of at least 4 members (excludes halogenated alkanes) is 1. The van der Waals surface area contributed by atoms with Gasteiger partial charge in [0.1, 0.15) is 11.9 Å². The van der Waals surface area contributed by atoms with Crippen LogP contribution in [0.2, 0.25) is 0 Å². The van der Waals surface area contributed by atoms with Gasteiger partial charge in [0, 0.05) is 6.61 Å². The summed E-state index contributed by atoms with van der Waals surface area (Å²) in [5, 5.41) is 17.8. The second-order valence-electron chi connectivity index (χ2n) is 2.78. The van der Waals surface area contributed by atoms with Crippen molar-refractivity contribution >= 4 is 5.97 Å². The molecule has 0 aliphatic carbocycles.